The summed E-state index contributed by atoms with van der Waals surface area (Å²) < 4.78 is 47.6. The summed E-state index contributed by atoms with van der Waals surface area (Å²) in [5, 5.41) is 0. The van der Waals surface area contributed by atoms with E-state index < -0.39 is 83.0 Å². The van der Waals surface area contributed by atoms with Gasteiger partial charge in [-0.15, -0.1) is 0 Å². The summed E-state index contributed by atoms with van der Waals surface area (Å²) in [6, 6.07) is 0. The second-order valence-corrected chi connectivity index (χ2v) is 20.7. The first-order chi connectivity index (χ1) is 27.4. The number of carbonyl (C=O) groups excluding carboxylic acids is 6. The number of rotatable bonds is 11. The van der Waals surface area contributed by atoms with Gasteiger partial charge in [0.05, 0.1) is 18.3 Å². The monoisotopic (exact) mass is 830 g/mol. The second-order valence-electron chi connectivity index (χ2n) is 20.7. The normalized spacial score (nSPS) is 44.5. The molecule has 14 nitrogen and oxygen atoms in total. The summed E-state index contributed by atoms with van der Waals surface area (Å²) in [6.07, 6.45) is 0.306. The quantitative estimate of drug-likeness (QED) is 0.105. The first-order valence-electron chi connectivity index (χ1n) is 21.7. The van der Waals surface area contributed by atoms with Crippen LogP contribution in [0.25, 0.3) is 0 Å². The van der Waals surface area contributed by atoms with Crippen molar-refractivity contribution in [2.24, 2.45) is 50.7 Å². The van der Waals surface area contributed by atoms with Crippen LogP contribution in [0, 0.1) is 50.7 Å². The summed E-state index contributed by atoms with van der Waals surface area (Å²) in [7, 11) is 0. The fraction of sp³-hybridized carbons (Fsp3) is 0.867. The van der Waals surface area contributed by atoms with Crippen molar-refractivity contribution in [1.82, 2.24) is 0 Å². The number of fused-ring (bicyclic) bond motifs is 2. The van der Waals surface area contributed by atoms with Crippen LogP contribution in [-0.4, -0.2) is 96.9 Å². The Labute approximate surface area is 348 Å². The number of epoxide rings is 1. The molecule has 7 aliphatic rings. The van der Waals surface area contributed by atoms with E-state index in [1.54, 1.807) is 0 Å². The fourth-order valence-corrected chi connectivity index (χ4v) is 14.5. The van der Waals surface area contributed by atoms with E-state index in [4.69, 9.17) is 37.9 Å². The minimum Gasteiger partial charge on any atom is -0.460 e. The zero-order chi connectivity index (χ0) is 43.4. The Morgan fingerprint density at radius 2 is 1.31 bits per heavy atom. The predicted octanol–water partition coefficient (Wildman–Crippen LogP) is 5.82. The highest BCUT2D eigenvalue weighted by Gasteiger charge is 2.85. The lowest BCUT2D eigenvalue weighted by atomic mass is 9.41. The van der Waals surface area contributed by atoms with E-state index in [-0.39, 0.29) is 64.6 Å². The largest absolute Gasteiger partial charge is 0.460 e. The standard InChI is InChI=1S/C45H66O14/c1-22(19-28(53-23(2)46)37-41(9,10)59-37)33-34(51)38(57-27(6)50)43(12)31-14-13-30-40(7,8)32(15-16-44(30)21-45(31,44)18-17-42(33,43)11)58-39-36(56-26(5)49)35(55-25(4)48)29(20-52-39)54-24(3)47/h22,28-33,35-39H,13-21H2,1-12H3/t22-,28-,29?,30+,31+,32+,33+,35?,36?,37+,38+,39?,42-,43-,44-,45+/m1/s1. The molecule has 7 fully saturated rings. The van der Waals surface area contributed by atoms with Crippen molar-refractivity contribution < 1.29 is 66.7 Å². The maximum Gasteiger partial charge on any atom is 0.303 e. The molecule has 16 atom stereocenters. The molecule has 0 aromatic heterocycles. The Balaban J connectivity index is 1.15. The average molecular weight is 831 g/mol. The van der Waals surface area contributed by atoms with E-state index >= 15 is 0 Å². The Kier molecular flexibility index (Phi) is 11.0. The maximum absolute atomic E-state index is 14.9. The van der Waals surface area contributed by atoms with Gasteiger partial charge in [0.1, 0.15) is 12.2 Å². The van der Waals surface area contributed by atoms with Crippen molar-refractivity contribution in [2.75, 3.05) is 6.61 Å². The number of ether oxygens (including phenoxy) is 8. The molecule has 2 aliphatic heterocycles. The first kappa shape index (κ1) is 44.0. The van der Waals surface area contributed by atoms with Gasteiger partial charge in [-0.3, -0.25) is 28.8 Å². The van der Waals surface area contributed by atoms with Gasteiger partial charge in [-0.25, -0.2) is 0 Å². The van der Waals surface area contributed by atoms with Crippen LogP contribution in [0.5, 0.6) is 0 Å². The predicted molar refractivity (Wildman–Crippen MR) is 208 cm³/mol. The van der Waals surface area contributed by atoms with Gasteiger partial charge >= 0.3 is 29.8 Å². The van der Waals surface area contributed by atoms with Crippen molar-refractivity contribution in [1.29, 1.82) is 0 Å². The highest BCUT2D eigenvalue weighted by atomic mass is 16.7. The summed E-state index contributed by atoms with van der Waals surface area (Å²) in [5.74, 6) is -2.87. The lowest BCUT2D eigenvalue weighted by Crippen LogP contribution is -2.62. The van der Waals surface area contributed by atoms with Gasteiger partial charge in [-0.2, -0.15) is 0 Å². The summed E-state index contributed by atoms with van der Waals surface area (Å²) in [4.78, 5) is 76.5. The molecule has 0 radical (unpaired) electrons. The smallest absolute Gasteiger partial charge is 0.303 e. The minimum atomic E-state index is -1.17. The van der Waals surface area contributed by atoms with Crippen LogP contribution >= 0.6 is 0 Å². The van der Waals surface area contributed by atoms with Crippen LogP contribution in [-0.2, 0) is 66.7 Å². The van der Waals surface area contributed by atoms with Crippen LogP contribution in [0.2, 0.25) is 0 Å². The number of hydrogen-bond donors (Lipinski definition) is 0. The molecule has 5 aliphatic carbocycles. The lowest BCUT2D eigenvalue weighted by Gasteiger charge is -2.63. The molecule has 4 unspecified atom stereocenters. The van der Waals surface area contributed by atoms with Crippen molar-refractivity contribution in [3.8, 4) is 0 Å². The molecule has 5 saturated carbocycles. The molecule has 330 valence electrons. The lowest BCUT2D eigenvalue weighted by molar-refractivity contribution is -0.308. The Hall–Kier alpha value is -3.10. The van der Waals surface area contributed by atoms with Gasteiger partial charge in [0.25, 0.3) is 0 Å². The minimum absolute atomic E-state index is 0.00410. The highest BCUT2D eigenvalue weighted by Crippen LogP contribution is 2.89. The number of hydrogen-bond acceptors (Lipinski definition) is 14. The van der Waals surface area contributed by atoms with Gasteiger partial charge in [0, 0.05) is 46.0 Å². The zero-order valence-electron chi connectivity index (χ0n) is 37.0. The Morgan fingerprint density at radius 3 is 1.88 bits per heavy atom. The van der Waals surface area contributed by atoms with Gasteiger partial charge in [0.15, 0.2) is 36.5 Å². The third kappa shape index (κ3) is 6.93. The molecule has 2 spiro atoms. The van der Waals surface area contributed by atoms with Crippen LogP contribution in [0.3, 0.4) is 0 Å². The Morgan fingerprint density at radius 1 is 0.729 bits per heavy atom. The number of esters is 5. The van der Waals surface area contributed by atoms with Gasteiger partial charge < -0.3 is 37.9 Å². The first-order valence-corrected chi connectivity index (χ1v) is 21.7. The second kappa shape index (κ2) is 14.8. The van der Waals surface area contributed by atoms with E-state index in [2.05, 4.69) is 34.6 Å². The van der Waals surface area contributed by atoms with E-state index in [1.807, 2.05) is 13.8 Å². The SMILES string of the molecule is CC(=O)OC1COC(O[C@H]2CC[C@]34C[C@]35CC[C@]3(C)[C@@H]([C@H](C)C[C@@H](OC(C)=O)[C@@H]6OC6(C)C)C(=O)[C@H](OC(C)=O)[C@@]3(C)[C@@H]5CC[C@H]4C2(C)C)C(OC(C)=O)C1OC(C)=O. The van der Waals surface area contributed by atoms with Gasteiger partial charge in [0.2, 0.25) is 0 Å². The molecule has 0 bridgehead atoms. The van der Waals surface area contributed by atoms with Crippen LogP contribution in [0.15, 0.2) is 0 Å². The van der Waals surface area contributed by atoms with Crippen molar-refractivity contribution in [3.63, 3.8) is 0 Å². The van der Waals surface area contributed by atoms with E-state index in [0.29, 0.717) is 12.8 Å². The molecular weight excluding hydrogens is 764 g/mol. The van der Waals surface area contributed by atoms with Crippen LogP contribution in [0.4, 0.5) is 0 Å². The number of Topliss-reactive ketones (excluding diaryl/α,β-unsaturated/α-hetero) is 1. The molecule has 14 heteroatoms. The summed E-state index contributed by atoms with van der Waals surface area (Å²) >= 11 is 0. The molecule has 0 aromatic rings. The molecule has 7 rings (SSSR count). The molecule has 0 N–H and O–H groups in total. The van der Waals surface area contributed by atoms with E-state index in [9.17, 15) is 28.8 Å². The molecular formula is C45H66O14. The van der Waals surface area contributed by atoms with Crippen LogP contribution in [0.1, 0.15) is 134 Å². The maximum atomic E-state index is 14.9. The van der Waals surface area contributed by atoms with Crippen LogP contribution < -0.4 is 0 Å². The molecule has 0 amide bonds. The van der Waals surface area contributed by atoms with Gasteiger partial charge in [-0.05, 0) is 105 Å². The summed E-state index contributed by atoms with van der Waals surface area (Å²) in [6.45, 7) is 21.4. The summed E-state index contributed by atoms with van der Waals surface area (Å²) in [5.41, 5.74) is -1.92. The molecule has 0 aromatic carbocycles. The van der Waals surface area contributed by atoms with Crippen molar-refractivity contribution >= 4 is 35.6 Å². The van der Waals surface area contributed by atoms with E-state index in [1.165, 1.54) is 34.6 Å². The Bertz CT molecular complexity index is 1760. The third-order valence-electron chi connectivity index (χ3n) is 16.8. The zero-order valence-corrected chi connectivity index (χ0v) is 37.0. The number of ketones is 1. The van der Waals surface area contributed by atoms with Crippen molar-refractivity contribution in [2.45, 2.75) is 189 Å². The van der Waals surface area contributed by atoms with Crippen molar-refractivity contribution in [3.05, 3.63) is 0 Å². The highest BCUT2D eigenvalue weighted by molar-refractivity contribution is 5.92. The van der Waals surface area contributed by atoms with Gasteiger partial charge in [-0.1, -0.05) is 34.6 Å². The molecule has 2 saturated heterocycles. The third-order valence-corrected chi connectivity index (χ3v) is 16.8. The number of carbonyl (C=O) groups is 6. The topological polar surface area (TPSA) is 180 Å². The molecule has 59 heavy (non-hydrogen) atoms. The van der Waals surface area contributed by atoms with E-state index in [0.717, 1.165) is 38.5 Å². The molecule has 2 heterocycles. The average Bonchev–Trinajstić information content (AvgIpc) is 3.96. The fourth-order valence-electron chi connectivity index (χ4n) is 14.5.